The molecule has 0 spiro atoms. The summed E-state index contributed by atoms with van der Waals surface area (Å²) in [6, 6.07) is 15.6. The third kappa shape index (κ3) is 4.51. The Morgan fingerprint density at radius 3 is 2.43 bits per heavy atom. The lowest BCUT2D eigenvalue weighted by atomic mass is 10.2. The summed E-state index contributed by atoms with van der Waals surface area (Å²) in [6.07, 6.45) is 3.55. The van der Waals surface area contributed by atoms with E-state index in [1.165, 1.54) is 0 Å². The Kier molecular flexibility index (Phi) is 6.31. The van der Waals surface area contributed by atoms with E-state index >= 15 is 0 Å². The number of anilines is 2. The smallest absolute Gasteiger partial charge is 0.348 e. The molecule has 144 valence electrons. The second-order valence-electron chi connectivity index (χ2n) is 5.85. The summed E-state index contributed by atoms with van der Waals surface area (Å²) in [4.78, 5) is 12.3. The SMILES string of the molecule is Cc1ccccc1N(c1cc(C=Cc2ccc(Cl)cc2)sc1C(=O)O)S(=O)[O-]. The van der Waals surface area contributed by atoms with E-state index < -0.39 is 17.2 Å². The summed E-state index contributed by atoms with van der Waals surface area (Å²) < 4.78 is 24.9. The molecular weight excluding hydrogens is 418 g/mol. The number of benzene rings is 2. The molecule has 0 aliphatic heterocycles. The third-order valence-electron chi connectivity index (χ3n) is 3.94. The van der Waals surface area contributed by atoms with Crippen LogP contribution >= 0.6 is 22.9 Å². The van der Waals surface area contributed by atoms with E-state index in [4.69, 9.17) is 11.6 Å². The molecule has 0 aliphatic carbocycles. The molecule has 1 heterocycles. The number of hydrogen-bond donors (Lipinski definition) is 1. The van der Waals surface area contributed by atoms with E-state index in [-0.39, 0.29) is 10.6 Å². The standard InChI is InChI=1S/C20H16ClNO4S2/c1-13-4-2-3-5-17(13)22(28(25)26)18-12-16(27-19(18)20(23)24)11-8-14-6-9-15(21)10-7-14/h2-12H,1H3,(H,23,24)(H,25,26)/p-1. The Bertz CT molecular complexity index is 1060. The topological polar surface area (TPSA) is 80.7 Å². The van der Waals surface area contributed by atoms with Gasteiger partial charge in [-0.1, -0.05) is 48.0 Å². The van der Waals surface area contributed by atoms with Crippen LogP contribution in [0, 0.1) is 6.92 Å². The molecule has 0 saturated carbocycles. The number of carbonyl (C=O) groups is 1. The molecule has 0 bridgehead atoms. The normalized spacial score (nSPS) is 12.2. The predicted molar refractivity (Wildman–Crippen MR) is 114 cm³/mol. The van der Waals surface area contributed by atoms with Crippen LogP contribution in [0.4, 0.5) is 11.4 Å². The first kappa shape index (κ1) is 20.3. The molecule has 1 aromatic heterocycles. The Balaban J connectivity index is 2.04. The van der Waals surface area contributed by atoms with E-state index in [9.17, 15) is 18.7 Å². The van der Waals surface area contributed by atoms with Gasteiger partial charge in [0, 0.05) is 9.90 Å². The van der Waals surface area contributed by atoms with Gasteiger partial charge in [0.15, 0.2) is 0 Å². The summed E-state index contributed by atoms with van der Waals surface area (Å²) >= 11 is 4.20. The molecule has 0 saturated heterocycles. The van der Waals surface area contributed by atoms with Gasteiger partial charge in [0.05, 0.1) is 22.6 Å². The van der Waals surface area contributed by atoms with Crippen LogP contribution in [0.1, 0.15) is 25.7 Å². The fourth-order valence-electron chi connectivity index (χ4n) is 2.62. The molecular formula is C20H15ClNO4S2-. The zero-order chi connectivity index (χ0) is 20.3. The maximum absolute atomic E-state index is 12.0. The molecule has 8 heteroatoms. The van der Waals surface area contributed by atoms with E-state index in [0.717, 1.165) is 21.2 Å². The number of hydrogen-bond acceptors (Lipinski definition) is 4. The molecule has 5 nitrogen and oxygen atoms in total. The highest BCUT2D eigenvalue weighted by Gasteiger charge is 2.23. The van der Waals surface area contributed by atoms with Crippen LogP contribution in [0.2, 0.25) is 5.02 Å². The second-order valence-corrected chi connectivity index (χ2v) is 8.17. The molecule has 3 aromatic rings. The van der Waals surface area contributed by atoms with Crippen LogP contribution in [0.15, 0.2) is 54.6 Å². The third-order valence-corrected chi connectivity index (χ3v) is 5.96. The quantitative estimate of drug-likeness (QED) is 0.520. The lowest BCUT2D eigenvalue weighted by Gasteiger charge is -2.27. The van der Waals surface area contributed by atoms with E-state index in [1.807, 2.05) is 18.2 Å². The number of thiophene rings is 1. The summed E-state index contributed by atoms with van der Waals surface area (Å²) in [5.41, 5.74) is 2.12. The van der Waals surface area contributed by atoms with Crippen LogP contribution in [0.5, 0.6) is 0 Å². The van der Waals surface area contributed by atoms with Gasteiger partial charge in [-0.05, 0) is 48.4 Å². The number of rotatable bonds is 6. The number of carboxylic acids is 1. The fourth-order valence-corrected chi connectivity index (χ4v) is 4.36. The second kappa shape index (κ2) is 8.70. The first-order valence-corrected chi connectivity index (χ1v) is 10.4. The highest BCUT2D eigenvalue weighted by molar-refractivity contribution is 7.81. The van der Waals surface area contributed by atoms with Crippen molar-refractivity contribution in [2.45, 2.75) is 6.92 Å². The zero-order valence-electron chi connectivity index (χ0n) is 14.7. The van der Waals surface area contributed by atoms with Gasteiger partial charge in [0.25, 0.3) is 0 Å². The monoisotopic (exact) mass is 432 g/mol. The van der Waals surface area contributed by atoms with Crippen molar-refractivity contribution >= 4 is 63.7 Å². The fraction of sp³-hybridized carbons (Fsp3) is 0.0500. The molecule has 1 atom stereocenters. The van der Waals surface area contributed by atoms with Crippen LogP contribution in [-0.4, -0.2) is 19.8 Å². The molecule has 1 N–H and O–H groups in total. The maximum Gasteiger partial charge on any atom is 0.348 e. The lowest BCUT2D eigenvalue weighted by molar-refractivity contribution is 0.0703. The first-order chi connectivity index (χ1) is 13.4. The molecule has 1 unspecified atom stereocenters. The van der Waals surface area contributed by atoms with Gasteiger partial charge in [-0.15, -0.1) is 11.3 Å². The van der Waals surface area contributed by atoms with Gasteiger partial charge >= 0.3 is 5.97 Å². The van der Waals surface area contributed by atoms with Crippen molar-refractivity contribution < 1.29 is 18.7 Å². The molecule has 0 aliphatic rings. The Morgan fingerprint density at radius 2 is 1.82 bits per heavy atom. The number of carboxylic acid groups (broad SMARTS) is 1. The number of halogens is 1. The number of para-hydroxylation sites is 1. The zero-order valence-corrected chi connectivity index (χ0v) is 17.1. The van der Waals surface area contributed by atoms with E-state index in [0.29, 0.717) is 21.2 Å². The first-order valence-electron chi connectivity index (χ1n) is 8.12. The Hall–Kier alpha value is -2.45. The molecule has 0 fully saturated rings. The summed E-state index contributed by atoms with van der Waals surface area (Å²) in [5.74, 6) is -1.19. The number of aryl methyl sites for hydroxylation is 1. The van der Waals surface area contributed by atoms with Crippen molar-refractivity contribution in [3.63, 3.8) is 0 Å². The minimum Gasteiger partial charge on any atom is -0.755 e. The van der Waals surface area contributed by atoms with Crippen molar-refractivity contribution in [2.75, 3.05) is 4.31 Å². The van der Waals surface area contributed by atoms with Crippen molar-refractivity contribution in [3.8, 4) is 0 Å². The molecule has 0 radical (unpaired) electrons. The van der Waals surface area contributed by atoms with Crippen LogP contribution in [0.25, 0.3) is 12.2 Å². The Labute approximate surface area is 173 Å². The van der Waals surface area contributed by atoms with Gasteiger partial charge < -0.3 is 9.66 Å². The minimum absolute atomic E-state index is 0.0526. The van der Waals surface area contributed by atoms with Gasteiger partial charge in [0.2, 0.25) is 0 Å². The molecule has 0 amide bonds. The van der Waals surface area contributed by atoms with E-state index in [1.54, 1.807) is 55.5 Å². The van der Waals surface area contributed by atoms with Crippen LogP contribution in [-0.2, 0) is 11.3 Å². The summed E-state index contributed by atoms with van der Waals surface area (Å²) in [7, 11) is 0. The van der Waals surface area contributed by atoms with Crippen molar-refractivity contribution in [1.29, 1.82) is 0 Å². The summed E-state index contributed by atoms with van der Waals surface area (Å²) in [6.45, 7) is 1.77. The van der Waals surface area contributed by atoms with Crippen molar-refractivity contribution in [2.24, 2.45) is 0 Å². The van der Waals surface area contributed by atoms with Crippen molar-refractivity contribution in [3.05, 3.63) is 80.5 Å². The minimum atomic E-state index is -2.68. The highest BCUT2D eigenvalue weighted by Crippen LogP contribution is 2.38. The molecule has 2 aromatic carbocycles. The molecule has 3 rings (SSSR count). The predicted octanol–water partition coefficient (Wildman–Crippen LogP) is 5.51. The summed E-state index contributed by atoms with van der Waals surface area (Å²) in [5, 5.41) is 10.2. The van der Waals surface area contributed by atoms with Gasteiger partial charge in [-0.3, -0.25) is 8.51 Å². The largest absolute Gasteiger partial charge is 0.755 e. The van der Waals surface area contributed by atoms with E-state index in [2.05, 4.69) is 0 Å². The van der Waals surface area contributed by atoms with Gasteiger partial charge in [-0.2, -0.15) is 0 Å². The van der Waals surface area contributed by atoms with Crippen molar-refractivity contribution in [1.82, 2.24) is 0 Å². The Morgan fingerprint density at radius 1 is 1.14 bits per heavy atom. The van der Waals surface area contributed by atoms with Crippen LogP contribution in [0.3, 0.4) is 0 Å². The highest BCUT2D eigenvalue weighted by atomic mass is 35.5. The number of aromatic carboxylic acids is 1. The number of nitrogens with zero attached hydrogens (tertiary/aromatic N) is 1. The van der Waals surface area contributed by atoms with Gasteiger partial charge in [-0.25, -0.2) is 4.79 Å². The average Bonchev–Trinajstić information content (AvgIpc) is 3.07. The van der Waals surface area contributed by atoms with Crippen LogP contribution < -0.4 is 4.31 Å². The lowest BCUT2D eigenvalue weighted by Crippen LogP contribution is -2.21. The molecule has 28 heavy (non-hydrogen) atoms. The maximum atomic E-state index is 12.0. The average molecular weight is 433 g/mol. The van der Waals surface area contributed by atoms with Gasteiger partial charge in [0.1, 0.15) is 4.88 Å².